The summed E-state index contributed by atoms with van der Waals surface area (Å²) in [5.41, 5.74) is 5.26. The molecule has 0 amide bonds. The first-order chi connectivity index (χ1) is 14.6. The summed E-state index contributed by atoms with van der Waals surface area (Å²) in [6, 6.07) is 20.0. The number of rotatable bonds is 6. The van der Waals surface area contributed by atoms with Crippen LogP contribution in [-0.4, -0.2) is 30.2 Å². The molecule has 0 fully saturated rings. The lowest BCUT2D eigenvalue weighted by Gasteiger charge is -2.31. The molecule has 0 aliphatic carbocycles. The molecule has 4 heteroatoms. The molecular weight excluding hydrogens is 372 g/mol. The van der Waals surface area contributed by atoms with Crippen LogP contribution in [-0.2, 0) is 13.1 Å². The summed E-state index contributed by atoms with van der Waals surface area (Å²) >= 11 is 0. The summed E-state index contributed by atoms with van der Waals surface area (Å²) in [5, 5.41) is 0. The molecule has 1 aliphatic heterocycles. The molecule has 1 aliphatic rings. The van der Waals surface area contributed by atoms with Crippen LogP contribution in [0, 0.1) is 0 Å². The van der Waals surface area contributed by atoms with Gasteiger partial charge in [0.2, 0.25) is 0 Å². The van der Waals surface area contributed by atoms with Crippen molar-refractivity contribution in [2.75, 3.05) is 20.8 Å². The number of aryl methyl sites for hydroxylation is 1. The molecule has 1 aromatic heterocycles. The van der Waals surface area contributed by atoms with Crippen LogP contribution in [0.1, 0.15) is 54.6 Å². The van der Waals surface area contributed by atoms with Crippen molar-refractivity contribution in [3.8, 4) is 11.5 Å². The average Bonchev–Trinajstić information content (AvgIpc) is 3.15. The summed E-state index contributed by atoms with van der Waals surface area (Å²) in [6.07, 6.45) is 3.34. The van der Waals surface area contributed by atoms with E-state index in [9.17, 15) is 0 Å². The lowest BCUT2D eigenvalue weighted by atomic mass is 9.96. The van der Waals surface area contributed by atoms with Crippen molar-refractivity contribution in [1.29, 1.82) is 0 Å². The highest BCUT2D eigenvalue weighted by molar-refractivity contribution is 5.41. The van der Waals surface area contributed by atoms with E-state index < -0.39 is 0 Å². The zero-order valence-corrected chi connectivity index (χ0v) is 18.5. The standard InChI is InChI=1S/C26H32N2O2/c1-19(2)20-8-10-21(11-9-20)26-24-7-5-14-27(24)15-6-16-28(26)18-22-12-13-23(29-3)17-25(22)30-4/h5,7-14,17,19,26H,6,15-16,18H2,1-4H3. The molecule has 1 unspecified atom stereocenters. The molecule has 158 valence electrons. The zero-order chi connectivity index (χ0) is 21.1. The predicted molar refractivity (Wildman–Crippen MR) is 121 cm³/mol. The fourth-order valence-electron chi connectivity index (χ4n) is 4.46. The normalized spacial score (nSPS) is 16.9. The number of ether oxygens (including phenoxy) is 2. The van der Waals surface area contributed by atoms with Crippen molar-refractivity contribution < 1.29 is 9.47 Å². The Labute approximate surface area is 180 Å². The number of methoxy groups -OCH3 is 2. The number of fused-ring (bicyclic) bond motifs is 1. The van der Waals surface area contributed by atoms with Crippen LogP contribution < -0.4 is 9.47 Å². The fourth-order valence-corrected chi connectivity index (χ4v) is 4.46. The quantitative estimate of drug-likeness (QED) is 0.533. The van der Waals surface area contributed by atoms with Gasteiger partial charge in [-0.15, -0.1) is 0 Å². The van der Waals surface area contributed by atoms with Gasteiger partial charge in [-0.3, -0.25) is 4.90 Å². The van der Waals surface area contributed by atoms with E-state index in [1.54, 1.807) is 14.2 Å². The van der Waals surface area contributed by atoms with Crippen molar-refractivity contribution in [2.24, 2.45) is 0 Å². The minimum Gasteiger partial charge on any atom is -0.497 e. The van der Waals surface area contributed by atoms with E-state index in [-0.39, 0.29) is 6.04 Å². The number of nitrogens with zero attached hydrogens (tertiary/aromatic N) is 2. The molecule has 0 saturated heterocycles. The van der Waals surface area contributed by atoms with Crippen molar-refractivity contribution >= 4 is 0 Å². The van der Waals surface area contributed by atoms with E-state index >= 15 is 0 Å². The van der Waals surface area contributed by atoms with Crippen LogP contribution in [0.3, 0.4) is 0 Å². The van der Waals surface area contributed by atoms with Crippen LogP contribution in [0.15, 0.2) is 60.8 Å². The van der Waals surface area contributed by atoms with E-state index in [2.05, 4.69) is 72.0 Å². The minimum absolute atomic E-state index is 0.218. The first-order valence-corrected chi connectivity index (χ1v) is 10.8. The maximum atomic E-state index is 5.69. The molecule has 2 heterocycles. The maximum absolute atomic E-state index is 5.69. The molecule has 4 nitrogen and oxygen atoms in total. The first-order valence-electron chi connectivity index (χ1n) is 10.8. The van der Waals surface area contributed by atoms with Crippen molar-refractivity contribution in [2.45, 2.75) is 45.3 Å². The molecule has 0 bridgehead atoms. The Bertz CT molecular complexity index is 975. The Morgan fingerprint density at radius 2 is 1.77 bits per heavy atom. The van der Waals surface area contributed by atoms with Gasteiger partial charge in [0.05, 0.1) is 20.3 Å². The van der Waals surface area contributed by atoms with Gasteiger partial charge in [0.25, 0.3) is 0 Å². The predicted octanol–water partition coefficient (Wildman–Crippen LogP) is 5.62. The van der Waals surface area contributed by atoms with E-state index in [1.165, 1.54) is 22.4 Å². The molecule has 0 radical (unpaired) electrons. The lowest BCUT2D eigenvalue weighted by molar-refractivity contribution is 0.217. The van der Waals surface area contributed by atoms with Gasteiger partial charge in [-0.2, -0.15) is 0 Å². The highest BCUT2D eigenvalue weighted by Gasteiger charge is 2.28. The van der Waals surface area contributed by atoms with Gasteiger partial charge in [-0.25, -0.2) is 0 Å². The second-order valence-corrected chi connectivity index (χ2v) is 8.35. The number of benzene rings is 2. The zero-order valence-electron chi connectivity index (χ0n) is 18.5. The molecule has 1 atom stereocenters. The SMILES string of the molecule is COc1ccc(CN2CCCn3cccc3C2c2ccc(C(C)C)cc2)c(OC)c1. The Morgan fingerprint density at radius 3 is 2.47 bits per heavy atom. The summed E-state index contributed by atoms with van der Waals surface area (Å²) in [6.45, 7) is 7.41. The highest BCUT2D eigenvalue weighted by Crippen LogP contribution is 2.35. The second kappa shape index (κ2) is 8.97. The average molecular weight is 405 g/mol. The third kappa shape index (κ3) is 4.10. The summed E-state index contributed by atoms with van der Waals surface area (Å²) < 4.78 is 13.5. The lowest BCUT2D eigenvalue weighted by Crippen LogP contribution is -2.29. The number of hydrogen-bond donors (Lipinski definition) is 0. The van der Waals surface area contributed by atoms with Gasteiger partial charge in [0.1, 0.15) is 11.5 Å². The highest BCUT2D eigenvalue weighted by atomic mass is 16.5. The monoisotopic (exact) mass is 404 g/mol. The third-order valence-electron chi connectivity index (χ3n) is 6.14. The summed E-state index contributed by atoms with van der Waals surface area (Å²) in [5.74, 6) is 2.24. The Balaban J connectivity index is 1.72. The van der Waals surface area contributed by atoms with Crippen LogP contribution >= 0.6 is 0 Å². The molecular formula is C26H32N2O2. The van der Waals surface area contributed by atoms with Crippen molar-refractivity contribution in [3.63, 3.8) is 0 Å². The third-order valence-corrected chi connectivity index (χ3v) is 6.14. The fraction of sp³-hybridized carbons (Fsp3) is 0.385. The van der Waals surface area contributed by atoms with E-state index in [0.717, 1.165) is 37.6 Å². The largest absolute Gasteiger partial charge is 0.497 e. The molecule has 2 aromatic carbocycles. The smallest absolute Gasteiger partial charge is 0.127 e. The van der Waals surface area contributed by atoms with Crippen LogP contribution in [0.4, 0.5) is 0 Å². The van der Waals surface area contributed by atoms with Crippen molar-refractivity contribution in [1.82, 2.24) is 9.47 Å². The molecule has 30 heavy (non-hydrogen) atoms. The van der Waals surface area contributed by atoms with Crippen LogP contribution in [0.2, 0.25) is 0 Å². The Kier molecular flexibility index (Phi) is 6.14. The van der Waals surface area contributed by atoms with Crippen molar-refractivity contribution in [3.05, 3.63) is 83.2 Å². The number of aromatic nitrogens is 1. The Morgan fingerprint density at radius 1 is 0.967 bits per heavy atom. The van der Waals surface area contributed by atoms with Crippen LogP contribution in [0.25, 0.3) is 0 Å². The van der Waals surface area contributed by atoms with Gasteiger partial charge >= 0.3 is 0 Å². The minimum atomic E-state index is 0.218. The second-order valence-electron chi connectivity index (χ2n) is 8.35. The van der Waals surface area contributed by atoms with Gasteiger partial charge in [-0.1, -0.05) is 44.2 Å². The molecule has 0 spiro atoms. The van der Waals surface area contributed by atoms with Gasteiger partial charge < -0.3 is 14.0 Å². The first kappa shape index (κ1) is 20.5. The van der Waals surface area contributed by atoms with Gasteiger partial charge in [-0.05, 0) is 41.7 Å². The summed E-state index contributed by atoms with van der Waals surface area (Å²) in [4.78, 5) is 2.58. The summed E-state index contributed by atoms with van der Waals surface area (Å²) in [7, 11) is 3.42. The van der Waals surface area contributed by atoms with Gasteiger partial charge in [0, 0.05) is 43.2 Å². The maximum Gasteiger partial charge on any atom is 0.127 e. The molecule has 4 rings (SSSR count). The van der Waals surface area contributed by atoms with E-state index in [0.29, 0.717) is 5.92 Å². The topological polar surface area (TPSA) is 26.6 Å². The molecule has 3 aromatic rings. The van der Waals surface area contributed by atoms with E-state index in [4.69, 9.17) is 9.47 Å². The molecule has 0 N–H and O–H groups in total. The van der Waals surface area contributed by atoms with E-state index in [1.807, 2.05) is 12.1 Å². The molecule has 0 saturated carbocycles. The van der Waals surface area contributed by atoms with Crippen LogP contribution in [0.5, 0.6) is 11.5 Å². The van der Waals surface area contributed by atoms with Gasteiger partial charge in [0.15, 0.2) is 0 Å². The Hall–Kier alpha value is -2.72. The number of hydrogen-bond acceptors (Lipinski definition) is 3.